The SMILES string of the molecule is Cc1ccc(NC(=O)c2cccc(-c3coc4cc(Cl)cnc34)c2)cc1. The van der Waals surface area contributed by atoms with E-state index in [2.05, 4.69) is 10.3 Å². The minimum atomic E-state index is -0.167. The van der Waals surface area contributed by atoms with Crippen molar-refractivity contribution in [3.05, 3.63) is 83.2 Å². The van der Waals surface area contributed by atoms with Gasteiger partial charge in [0, 0.05) is 29.1 Å². The molecule has 2 aromatic carbocycles. The van der Waals surface area contributed by atoms with Crippen molar-refractivity contribution in [2.75, 3.05) is 5.32 Å². The number of anilines is 1. The van der Waals surface area contributed by atoms with Crippen LogP contribution in [0.15, 0.2) is 71.5 Å². The second kappa shape index (κ2) is 6.65. The number of hydrogen-bond donors (Lipinski definition) is 1. The summed E-state index contributed by atoms with van der Waals surface area (Å²) in [6.45, 7) is 2.01. The standard InChI is InChI=1S/C21H15ClN2O2/c1-13-5-7-17(8-6-13)24-21(25)15-4-2-3-14(9-15)18-12-26-19-10-16(22)11-23-20(18)19/h2-12H,1H3,(H,24,25). The summed E-state index contributed by atoms with van der Waals surface area (Å²) in [6, 6.07) is 16.8. The number of fused-ring (bicyclic) bond motifs is 1. The molecule has 0 radical (unpaired) electrons. The van der Waals surface area contributed by atoms with Gasteiger partial charge in [0.2, 0.25) is 0 Å². The molecule has 2 aromatic heterocycles. The Morgan fingerprint density at radius 3 is 2.73 bits per heavy atom. The molecular formula is C21H15ClN2O2. The molecule has 0 aliphatic heterocycles. The quantitative estimate of drug-likeness (QED) is 0.508. The third-order valence-electron chi connectivity index (χ3n) is 4.12. The maximum absolute atomic E-state index is 12.6. The minimum absolute atomic E-state index is 0.167. The van der Waals surface area contributed by atoms with E-state index in [1.54, 1.807) is 24.6 Å². The highest BCUT2D eigenvalue weighted by atomic mass is 35.5. The first-order valence-electron chi connectivity index (χ1n) is 8.11. The first-order chi connectivity index (χ1) is 12.6. The smallest absolute Gasteiger partial charge is 0.255 e. The Bertz CT molecular complexity index is 1100. The van der Waals surface area contributed by atoms with E-state index in [4.69, 9.17) is 16.0 Å². The number of amides is 1. The van der Waals surface area contributed by atoms with E-state index in [0.717, 1.165) is 22.4 Å². The van der Waals surface area contributed by atoms with Crippen LogP contribution in [0.1, 0.15) is 15.9 Å². The Morgan fingerprint density at radius 1 is 1.12 bits per heavy atom. The summed E-state index contributed by atoms with van der Waals surface area (Å²) in [5.74, 6) is -0.167. The van der Waals surface area contributed by atoms with Gasteiger partial charge >= 0.3 is 0 Å². The molecule has 128 valence electrons. The van der Waals surface area contributed by atoms with E-state index < -0.39 is 0 Å². The van der Waals surface area contributed by atoms with Crippen LogP contribution >= 0.6 is 11.6 Å². The van der Waals surface area contributed by atoms with E-state index >= 15 is 0 Å². The number of aryl methyl sites for hydroxylation is 1. The zero-order valence-corrected chi connectivity index (χ0v) is 14.7. The third-order valence-corrected chi connectivity index (χ3v) is 4.33. The van der Waals surface area contributed by atoms with Crippen molar-refractivity contribution < 1.29 is 9.21 Å². The first-order valence-corrected chi connectivity index (χ1v) is 8.49. The van der Waals surface area contributed by atoms with Gasteiger partial charge in [-0.1, -0.05) is 41.4 Å². The normalized spacial score (nSPS) is 10.8. The van der Waals surface area contributed by atoms with Crippen LogP contribution in [0.4, 0.5) is 5.69 Å². The van der Waals surface area contributed by atoms with Gasteiger partial charge < -0.3 is 9.73 Å². The van der Waals surface area contributed by atoms with Crippen LogP contribution in [0.3, 0.4) is 0 Å². The van der Waals surface area contributed by atoms with Gasteiger partial charge in [0.15, 0.2) is 5.58 Å². The van der Waals surface area contributed by atoms with Gasteiger partial charge in [0.25, 0.3) is 5.91 Å². The largest absolute Gasteiger partial charge is 0.462 e. The van der Waals surface area contributed by atoms with Gasteiger partial charge in [-0.25, -0.2) is 0 Å². The summed E-state index contributed by atoms with van der Waals surface area (Å²) in [7, 11) is 0. The van der Waals surface area contributed by atoms with Crippen molar-refractivity contribution in [2.45, 2.75) is 6.92 Å². The van der Waals surface area contributed by atoms with Crippen molar-refractivity contribution in [3.63, 3.8) is 0 Å². The van der Waals surface area contributed by atoms with Crippen molar-refractivity contribution in [1.82, 2.24) is 4.98 Å². The van der Waals surface area contributed by atoms with Gasteiger partial charge in [-0.3, -0.25) is 9.78 Å². The first kappa shape index (κ1) is 16.4. The third kappa shape index (κ3) is 3.19. The number of carbonyl (C=O) groups excluding carboxylic acids is 1. The molecule has 0 bridgehead atoms. The Kier molecular flexibility index (Phi) is 4.19. The summed E-state index contributed by atoms with van der Waals surface area (Å²) in [5.41, 5.74) is 5.47. The molecule has 0 fully saturated rings. The summed E-state index contributed by atoms with van der Waals surface area (Å²) in [6.07, 6.45) is 3.21. The minimum Gasteiger partial charge on any atom is -0.462 e. The van der Waals surface area contributed by atoms with Crippen LogP contribution in [-0.2, 0) is 0 Å². The summed E-state index contributed by atoms with van der Waals surface area (Å²) < 4.78 is 5.54. The van der Waals surface area contributed by atoms with Gasteiger partial charge in [0.1, 0.15) is 11.8 Å². The second-order valence-electron chi connectivity index (χ2n) is 6.05. The van der Waals surface area contributed by atoms with Crippen molar-refractivity contribution in [2.24, 2.45) is 0 Å². The number of carbonyl (C=O) groups is 1. The lowest BCUT2D eigenvalue weighted by atomic mass is 10.0. The van der Waals surface area contributed by atoms with Crippen molar-refractivity contribution in [3.8, 4) is 11.1 Å². The molecule has 5 heteroatoms. The number of pyridine rings is 1. The maximum Gasteiger partial charge on any atom is 0.255 e. The monoisotopic (exact) mass is 362 g/mol. The van der Waals surface area contributed by atoms with Crippen LogP contribution in [0.2, 0.25) is 5.02 Å². The average Bonchev–Trinajstić information content (AvgIpc) is 3.06. The molecule has 2 heterocycles. The fraction of sp³-hybridized carbons (Fsp3) is 0.0476. The zero-order valence-electron chi connectivity index (χ0n) is 14.0. The predicted molar refractivity (Wildman–Crippen MR) is 104 cm³/mol. The van der Waals surface area contributed by atoms with Crippen LogP contribution in [-0.4, -0.2) is 10.9 Å². The molecule has 0 saturated heterocycles. The van der Waals surface area contributed by atoms with Crippen LogP contribution in [0, 0.1) is 6.92 Å². The number of nitrogens with one attached hydrogen (secondary N) is 1. The second-order valence-corrected chi connectivity index (χ2v) is 6.49. The molecule has 0 aliphatic carbocycles. The molecule has 0 aliphatic rings. The number of furan rings is 1. The fourth-order valence-corrected chi connectivity index (χ4v) is 2.91. The lowest BCUT2D eigenvalue weighted by Crippen LogP contribution is -2.11. The van der Waals surface area contributed by atoms with E-state index in [1.165, 1.54) is 0 Å². The van der Waals surface area contributed by atoms with Gasteiger partial charge in [-0.15, -0.1) is 0 Å². The highest BCUT2D eigenvalue weighted by Crippen LogP contribution is 2.31. The number of rotatable bonds is 3. The lowest BCUT2D eigenvalue weighted by Gasteiger charge is -2.07. The average molecular weight is 363 g/mol. The number of benzene rings is 2. The van der Waals surface area contributed by atoms with E-state index in [0.29, 0.717) is 21.7 Å². The van der Waals surface area contributed by atoms with E-state index in [-0.39, 0.29) is 5.91 Å². The number of nitrogens with zero attached hydrogens (tertiary/aromatic N) is 1. The zero-order chi connectivity index (χ0) is 18.1. The van der Waals surface area contributed by atoms with Gasteiger partial charge in [0.05, 0.1) is 5.02 Å². The highest BCUT2D eigenvalue weighted by Gasteiger charge is 2.13. The number of hydrogen-bond acceptors (Lipinski definition) is 3. The molecular weight excluding hydrogens is 348 g/mol. The number of aromatic nitrogens is 1. The van der Waals surface area contributed by atoms with Gasteiger partial charge in [-0.2, -0.15) is 0 Å². The molecule has 4 aromatic rings. The predicted octanol–water partition coefficient (Wildman–Crippen LogP) is 5.71. The maximum atomic E-state index is 12.6. The molecule has 1 N–H and O–H groups in total. The molecule has 0 spiro atoms. The summed E-state index contributed by atoms with van der Waals surface area (Å²) in [4.78, 5) is 16.9. The molecule has 4 nitrogen and oxygen atoms in total. The summed E-state index contributed by atoms with van der Waals surface area (Å²) >= 11 is 5.95. The van der Waals surface area contributed by atoms with Crippen LogP contribution in [0.25, 0.3) is 22.2 Å². The molecule has 1 amide bonds. The Hall–Kier alpha value is -3.11. The van der Waals surface area contributed by atoms with Crippen molar-refractivity contribution >= 4 is 34.3 Å². The molecule has 0 unspecified atom stereocenters. The highest BCUT2D eigenvalue weighted by molar-refractivity contribution is 6.31. The summed E-state index contributed by atoms with van der Waals surface area (Å²) in [5, 5.41) is 3.43. The van der Waals surface area contributed by atoms with E-state index in [9.17, 15) is 4.79 Å². The molecule has 0 atom stereocenters. The van der Waals surface area contributed by atoms with Crippen molar-refractivity contribution in [1.29, 1.82) is 0 Å². The van der Waals surface area contributed by atoms with Crippen LogP contribution in [0.5, 0.6) is 0 Å². The lowest BCUT2D eigenvalue weighted by molar-refractivity contribution is 0.102. The topological polar surface area (TPSA) is 55.1 Å². The Balaban J connectivity index is 1.65. The van der Waals surface area contributed by atoms with Gasteiger partial charge in [-0.05, 0) is 36.8 Å². The van der Waals surface area contributed by atoms with E-state index in [1.807, 2.05) is 49.4 Å². The fourth-order valence-electron chi connectivity index (χ4n) is 2.76. The Morgan fingerprint density at radius 2 is 1.92 bits per heavy atom. The molecule has 0 saturated carbocycles. The number of halogens is 1. The molecule has 4 rings (SSSR count). The van der Waals surface area contributed by atoms with Crippen LogP contribution < -0.4 is 5.32 Å². The Labute approximate surface area is 155 Å². The molecule has 26 heavy (non-hydrogen) atoms.